The molecular weight excluding hydrogens is 394 g/mol. The van der Waals surface area contributed by atoms with E-state index in [1.807, 2.05) is 37.3 Å². The Labute approximate surface area is 177 Å². The van der Waals surface area contributed by atoms with Gasteiger partial charge in [0.05, 0.1) is 5.69 Å². The van der Waals surface area contributed by atoms with Crippen LogP contribution in [0.5, 0.6) is 5.88 Å². The van der Waals surface area contributed by atoms with Crippen molar-refractivity contribution >= 4 is 16.4 Å². The van der Waals surface area contributed by atoms with E-state index in [0.717, 1.165) is 41.7 Å². The van der Waals surface area contributed by atoms with E-state index in [-0.39, 0.29) is 0 Å². The summed E-state index contributed by atoms with van der Waals surface area (Å²) in [6.45, 7) is 3.97. The number of hydrogen-bond acceptors (Lipinski definition) is 8. The van der Waals surface area contributed by atoms with Crippen LogP contribution in [0.4, 0.5) is 0 Å². The minimum absolute atomic E-state index is 0.323. The summed E-state index contributed by atoms with van der Waals surface area (Å²) in [5.74, 6) is 1.69. The molecule has 1 aromatic carbocycles. The summed E-state index contributed by atoms with van der Waals surface area (Å²) in [5.41, 5.74) is 4.47. The molecule has 6 rings (SSSR count). The molecule has 1 aliphatic rings. The lowest BCUT2D eigenvalue weighted by Gasteiger charge is -2.17. The summed E-state index contributed by atoms with van der Waals surface area (Å²) >= 11 is 0. The normalized spacial score (nSPS) is 13.6. The van der Waals surface area contributed by atoms with Crippen molar-refractivity contribution in [3.05, 3.63) is 65.2 Å². The van der Waals surface area contributed by atoms with Gasteiger partial charge in [-0.1, -0.05) is 29.4 Å². The molecule has 0 bridgehead atoms. The number of nitrogens with one attached hydrogen (secondary N) is 1. The zero-order valence-corrected chi connectivity index (χ0v) is 16.9. The Morgan fingerprint density at radius 1 is 1.13 bits per heavy atom. The van der Waals surface area contributed by atoms with Gasteiger partial charge in [0.1, 0.15) is 12.4 Å². The molecular formula is C22H19N7O2. The molecule has 154 valence electrons. The fourth-order valence-electron chi connectivity index (χ4n) is 3.90. The van der Waals surface area contributed by atoms with Crippen LogP contribution in [-0.2, 0) is 19.6 Å². The zero-order valence-electron chi connectivity index (χ0n) is 16.9. The van der Waals surface area contributed by atoms with Gasteiger partial charge in [-0.05, 0) is 24.6 Å². The number of nitrogens with zero attached hydrogens (tertiary/aromatic N) is 6. The number of fused-ring (bicyclic) bond motifs is 4. The molecule has 0 spiro atoms. The molecule has 0 amide bonds. The van der Waals surface area contributed by atoms with E-state index < -0.39 is 0 Å². The predicted octanol–water partition coefficient (Wildman–Crippen LogP) is 2.86. The van der Waals surface area contributed by atoms with Crippen molar-refractivity contribution in [1.82, 2.24) is 35.3 Å². The quantitative estimate of drug-likeness (QED) is 0.480. The minimum atomic E-state index is 0.323. The van der Waals surface area contributed by atoms with Gasteiger partial charge in [0.15, 0.2) is 11.3 Å². The lowest BCUT2D eigenvalue weighted by Crippen LogP contribution is -2.24. The first-order valence-corrected chi connectivity index (χ1v) is 10.2. The van der Waals surface area contributed by atoms with E-state index in [4.69, 9.17) is 19.3 Å². The van der Waals surface area contributed by atoms with Crippen LogP contribution in [0.15, 0.2) is 47.0 Å². The Morgan fingerprint density at radius 2 is 2.03 bits per heavy atom. The SMILES string of the molecule is Cc1cc(-c2nnc3c4ccccc4c(OCc4ccc5c(n4)CCNC5)nn23)no1. The van der Waals surface area contributed by atoms with E-state index in [1.54, 1.807) is 10.6 Å². The number of pyridine rings is 1. The molecule has 5 heterocycles. The molecule has 0 unspecified atom stereocenters. The van der Waals surface area contributed by atoms with Crippen LogP contribution in [0.25, 0.3) is 27.9 Å². The summed E-state index contributed by atoms with van der Waals surface area (Å²) in [5, 5.41) is 22.5. The summed E-state index contributed by atoms with van der Waals surface area (Å²) in [7, 11) is 0. The number of benzene rings is 1. The third-order valence-corrected chi connectivity index (χ3v) is 5.42. The van der Waals surface area contributed by atoms with Gasteiger partial charge >= 0.3 is 0 Å². The maximum atomic E-state index is 6.16. The second-order valence-corrected chi connectivity index (χ2v) is 7.56. The summed E-state index contributed by atoms with van der Waals surface area (Å²) in [4.78, 5) is 4.78. The van der Waals surface area contributed by atoms with Crippen LogP contribution in [-0.4, -0.2) is 36.5 Å². The van der Waals surface area contributed by atoms with E-state index in [2.05, 4.69) is 26.7 Å². The Bertz CT molecular complexity index is 1420. The van der Waals surface area contributed by atoms with Crippen molar-refractivity contribution in [2.75, 3.05) is 6.54 Å². The first kappa shape index (κ1) is 18.0. The molecule has 0 aliphatic carbocycles. The van der Waals surface area contributed by atoms with E-state index in [0.29, 0.717) is 35.4 Å². The molecule has 31 heavy (non-hydrogen) atoms. The first-order chi connectivity index (χ1) is 15.3. The van der Waals surface area contributed by atoms with Crippen LogP contribution in [0.1, 0.15) is 22.7 Å². The van der Waals surface area contributed by atoms with Crippen molar-refractivity contribution in [2.24, 2.45) is 0 Å². The van der Waals surface area contributed by atoms with Gasteiger partial charge in [-0.15, -0.1) is 15.3 Å². The zero-order chi connectivity index (χ0) is 20.8. The number of rotatable bonds is 4. The summed E-state index contributed by atoms with van der Waals surface area (Å²) in [6, 6.07) is 13.8. The van der Waals surface area contributed by atoms with Crippen molar-refractivity contribution in [3.8, 4) is 17.4 Å². The maximum absolute atomic E-state index is 6.16. The van der Waals surface area contributed by atoms with E-state index in [9.17, 15) is 0 Å². The Morgan fingerprint density at radius 3 is 2.90 bits per heavy atom. The van der Waals surface area contributed by atoms with Gasteiger partial charge in [0, 0.05) is 42.0 Å². The highest BCUT2D eigenvalue weighted by Crippen LogP contribution is 2.29. The lowest BCUT2D eigenvalue weighted by molar-refractivity contribution is 0.288. The van der Waals surface area contributed by atoms with Crippen LogP contribution >= 0.6 is 0 Å². The Balaban J connectivity index is 1.41. The molecule has 1 aliphatic heterocycles. The van der Waals surface area contributed by atoms with Crippen molar-refractivity contribution < 1.29 is 9.26 Å². The fraction of sp³-hybridized carbons (Fsp3) is 0.227. The van der Waals surface area contributed by atoms with Crippen molar-refractivity contribution in [2.45, 2.75) is 26.5 Å². The molecule has 0 fully saturated rings. The lowest BCUT2D eigenvalue weighted by atomic mass is 10.1. The molecule has 1 N–H and O–H groups in total. The molecule has 4 aromatic heterocycles. The maximum Gasteiger partial charge on any atom is 0.240 e. The highest BCUT2D eigenvalue weighted by molar-refractivity contribution is 5.96. The van der Waals surface area contributed by atoms with Gasteiger partial charge in [0.25, 0.3) is 0 Å². The van der Waals surface area contributed by atoms with Crippen molar-refractivity contribution in [1.29, 1.82) is 0 Å². The smallest absolute Gasteiger partial charge is 0.240 e. The van der Waals surface area contributed by atoms with Gasteiger partial charge in [-0.3, -0.25) is 4.98 Å². The molecule has 0 saturated heterocycles. The molecule has 5 aromatic rings. The average molecular weight is 413 g/mol. The summed E-state index contributed by atoms with van der Waals surface area (Å²) in [6.07, 6.45) is 0.928. The largest absolute Gasteiger partial charge is 0.470 e. The number of aryl methyl sites for hydroxylation is 1. The summed E-state index contributed by atoms with van der Waals surface area (Å²) < 4.78 is 13.0. The highest BCUT2D eigenvalue weighted by atomic mass is 16.5. The average Bonchev–Trinajstić information content (AvgIpc) is 3.43. The van der Waals surface area contributed by atoms with Crippen LogP contribution in [0.2, 0.25) is 0 Å². The third-order valence-electron chi connectivity index (χ3n) is 5.42. The second kappa shape index (κ2) is 7.13. The van der Waals surface area contributed by atoms with Gasteiger partial charge < -0.3 is 14.6 Å². The fourth-order valence-corrected chi connectivity index (χ4v) is 3.90. The van der Waals surface area contributed by atoms with Crippen LogP contribution in [0.3, 0.4) is 0 Å². The third kappa shape index (κ3) is 3.10. The monoisotopic (exact) mass is 413 g/mol. The minimum Gasteiger partial charge on any atom is -0.470 e. The molecule has 0 radical (unpaired) electrons. The second-order valence-electron chi connectivity index (χ2n) is 7.56. The van der Waals surface area contributed by atoms with Crippen LogP contribution < -0.4 is 10.1 Å². The topological polar surface area (TPSA) is 103 Å². The van der Waals surface area contributed by atoms with Gasteiger partial charge in [-0.2, -0.15) is 4.52 Å². The molecule has 0 saturated carbocycles. The standard InChI is InChI=1S/C22H19N7O2/c1-13-10-19(28-31-13)21-26-25-20-16-4-2-3-5-17(16)22(27-29(20)21)30-12-15-7-6-14-11-23-9-8-18(14)24-15/h2-7,10,23H,8-9,11-12H2,1H3. The first-order valence-electron chi connectivity index (χ1n) is 10.2. The number of aromatic nitrogens is 6. The molecule has 9 heteroatoms. The van der Waals surface area contributed by atoms with Gasteiger partial charge in [0.2, 0.25) is 11.7 Å². The number of hydrogen-bond donors (Lipinski definition) is 1. The highest BCUT2D eigenvalue weighted by Gasteiger charge is 2.18. The van der Waals surface area contributed by atoms with Crippen molar-refractivity contribution in [3.63, 3.8) is 0 Å². The predicted molar refractivity (Wildman–Crippen MR) is 113 cm³/mol. The van der Waals surface area contributed by atoms with Gasteiger partial charge in [-0.25, -0.2) is 0 Å². The molecule has 9 nitrogen and oxygen atoms in total. The van der Waals surface area contributed by atoms with Crippen LogP contribution in [0, 0.1) is 6.92 Å². The van der Waals surface area contributed by atoms with E-state index in [1.165, 1.54) is 5.56 Å². The van der Waals surface area contributed by atoms with E-state index >= 15 is 0 Å². The Hall–Kier alpha value is -3.85. The number of ether oxygens (including phenoxy) is 1. The Kier molecular flexibility index (Phi) is 4.13. The molecule has 0 atom stereocenters.